The van der Waals surface area contributed by atoms with Crippen LogP contribution in [-0.2, 0) is 9.31 Å². The Morgan fingerprint density at radius 1 is 1.17 bits per heavy atom. The number of hydrogen-bond donors (Lipinski definition) is 1. The first-order chi connectivity index (χ1) is 8.27. The highest BCUT2D eigenvalue weighted by Gasteiger charge is 2.52. The van der Waals surface area contributed by atoms with Crippen molar-refractivity contribution < 1.29 is 9.31 Å². The van der Waals surface area contributed by atoms with E-state index in [1.54, 1.807) is 18.2 Å². The average molecular weight is 244 g/mol. The Bertz CT molecular complexity index is 504. The highest BCUT2D eigenvalue weighted by molar-refractivity contribution is 6.63. The highest BCUT2D eigenvalue weighted by atomic mass is 16.7. The van der Waals surface area contributed by atoms with E-state index in [0.29, 0.717) is 11.3 Å². The summed E-state index contributed by atoms with van der Waals surface area (Å²) in [5.41, 5.74) is 6.99. The van der Waals surface area contributed by atoms with Crippen LogP contribution in [0.2, 0.25) is 0 Å². The molecule has 0 atom stereocenters. The van der Waals surface area contributed by atoms with Crippen molar-refractivity contribution in [3.8, 4) is 6.07 Å². The molecule has 1 saturated heterocycles. The van der Waals surface area contributed by atoms with Crippen molar-refractivity contribution in [1.82, 2.24) is 0 Å². The first-order valence-electron chi connectivity index (χ1n) is 5.92. The summed E-state index contributed by atoms with van der Waals surface area (Å²) in [6.07, 6.45) is 0. The molecule has 0 radical (unpaired) electrons. The van der Waals surface area contributed by atoms with Crippen LogP contribution in [0.5, 0.6) is 0 Å². The van der Waals surface area contributed by atoms with Gasteiger partial charge in [-0.3, -0.25) is 0 Å². The lowest BCUT2D eigenvalue weighted by atomic mass is 9.77. The van der Waals surface area contributed by atoms with Gasteiger partial charge in [-0.2, -0.15) is 5.26 Å². The molecule has 94 valence electrons. The maximum Gasteiger partial charge on any atom is 0.496 e. The molecule has 1 heterocycles. The van der Waals surface area contributed by atoms with Crippen molar-refractivity contribution in [3.63, 3.8) is 0 Å². The lowest BCUT2D eigenvalue weighted by Crippen LogP contribution is -2.41. The smallest absolute Gasteiger partial charge is 0.399 e. The predicted molar refractivity (Wildman–Crippen MR) is 71.3 cm³/mol. The van der Waals surface area contributed by atoms with Crippen LogP contribution in [0.1, 0.15) is 33.3 Å². The van der Waals surface area contributed by atoms with Gasteiger partial charge >= 0.3 is 7.12 Å². The zero-order valence-electron chi connectivity index (χ0n) is 11.2. The average Bonchev–Trinajstić information content (AvgIpc) is 2.47. The van der Waals surface area contributed by atoms with Crippen LogP contribution >= 0.6 is 0 Å². The number of anilines is 1. The molecule has 2 N–H and O–H groups in total. The Balaban J connectivity index is 2.33. The molecule has 0 spiro atoms. The largest absolute Gasteiger partial charge is 0.496 e. The molecule has 1 aromatic rings. The van der Waals surface area contributed by atoms with Crippen molar-refractivity contribution in [2.45, 2.75) is 38.9 Å². The third-order valence-corrected chi connectivity index (χ3v) is 3.72. The zero-order valence-corrected chi connectivity index (χ0v) is 11.2. The number of rotatable bonds is 1. The minimum absolute atomic E-state index is 0.391. The van der Waals surface area contributed by atoms with Gasteiger partial charge in [0.2, 0.25) is 0 Å². The molecular weight excluding hydrogens is 227 g/mol. The number of benzene rings is 1. The fourth-order valence-electron chi connectivity index (χ4n) is 1.83. The maximum atomic E-state index is 8.82. The Kier molecular flexibility index (Phi) is 2.88. The zero-order chi connectivity index (χ0) is 13.6. The van der Waals surface area contributed by atoms with Gasteiger partial charge in [0, 0.05) is 11.2 Å². The van der Waals surface area contributed by atoms with E-state index in [2.05, 4.69) is 6.07 Å². The number of nitriles is 1. The van der Waals surface area contributed by atoms with Crippen LogP contribution in [0.25, 0.3) is 0 Å². The quantitative estimate of drug-likeness (QED) is 0.599. The molecule has 0 aromatic heterocycles. The SMILES string of the molecule is CC1(C)OB(c2ccc(C#N)cc2N)OC1(C)C. The molecule has 0 aliphatic carbocycles. The second kappa shape index (κ2) is 4.01. The van der Waals surface area contributed by atoms with E-state index >= 15 is 0 Å². The Labute approximate surface area is 108 Å². The monoisotopic (exact) mass is 244 g/mol. The lowest BCUT2D eigenvalue weighted by molar-refractivity contribution is 0.00578. The minimum Gasteiger partial charge on any atom is -0.399 e. The summed E-state index contributed by atoms with van der Waals surface area (Å²) < 4.78 is 11.8. The Morgan fingerprint density at radius 2 is 1.72 bits per heavy atom. The van der Waals surface area contributed by atoms with Crippen molar-refractivity contribution in [2.75, 3.05) is 5.73 Å². The summed E-state index contributed by atoms with van der Waals surface area (Å²) in [6, 6.07) is 7.20. The summed E-state index contributed by atoms with van der Waals surface area (Å²) >= 11 is 0. The summed E-state index contributed by atoms with van der Waals surface area (Å²) in [5.74, 6) is 0. The Morgan fingerprint density at radius 3 is 2.17 bits per heavy atom. The third kappa shape index (κ3) is 1.98. The molecule has 4 nitrogen and oxygen atoms in total. The summed E-state index contributed by atoms with van der Waals surface area (Å²) in [5, 5.41) is 8.82. The predicted octanol–water partition coefficient (Wildman–Crippen LogP) is 1.44. The van der Waals surface area contributed by atoms with Gasteiger partial charge < -0.3 is 15.0 Å². The van der Waals surface area contributed by atoms with Crippen LogP contribution < -0.4 is 11.2 Å². The van der Waals surface area contributed by atoms with E-state index in [4.69, 9.17) is 20.3 Å². The van der Waals surface area contributed by atoms with Gasteiger partial charge in [0.15, 0.2) is 0 Å². The van der Waals surface area contributed by atoms with Gasteiger partial charge in [-0.25, -0.2) is 0 Å². The minimum atomic E-state index is -0.484. The second-order valence-corrected chi connectivity index (χ2v) is 5.54. The van der Waals surface area contributed by atoms with Crippen molar-refractivity contribution in [1.29, 1.82) is 5.26 Å². The molecule has 18 heavy (non-hydrogen) atoms. The fraction of sp³-hybridized carbons (Fsp3) is 0.462. The molecule has 1 aliphatic rings. The number of nitrogens with zero attached hydrogens (tertiary/aromatic N) is 1. The van der Waals surface area contributed by atoms with Crippen molar-refractivity contribution >= 4 is 18.3 Å². The normalized spacial score (nSPS) is 20.7. The lowest BCUT2D eigenvalue weighted by Gasteiger charge is -2.32. The van der Waals surface area contributed by atoms with Crippen LogP contribution in [0.3, 0.4) is 0 Å². The van der Waals surface area contributed by atoms with Gasteiger partial charge in [-0.05, 0) is 39.8 Å². The van der Waals surface area contributed by atoms with Crippen LogP contribution in [0.4, 0.5) is 5.69 Å². The van der Waals surface area contributed by atoms with Gasteiger partial charge in [-0.15, -0.1) is 0 Å². The standard InChI is InChI=1S/C13H17BN2O2/c1-12(2)13(3,4)18-14(17-12)10-6-5-9(8-15)7-11(10)16/h5-7H,16H2,1-4H3. The topological polar surface area (TPSA) is 68.3 Å². The summed E-state index contributed by atoms with van der Waals surface area (Å²) in [4.78, 5) is 0. The van der Waals surface area contributed by atoms with Crippen LogP contribution in [0.15, 0.2) is 18.2 Å². The van der Waals surface area contributed by atoms with Gasteiger partial charge in [0.25, 0.3) is 0 Å². The fourth-order valence-corrected chi connectivity index (χ4v) is 1.83. The van der Waals surface area contributed by atoms with E-state index in [1.165, 1.54) is 0 Å². The summed E-state index contributed by atoms with van der Waals surface area (Å²) in [7, 11) is -0.484. The summed E-state index contributed by atoms with van der Waals surface area (Å²) in [6.45, 7) is 7.97. The van der Waals surface area contributed by atoms with E-state index in [1.807, 2.05) is 27.7 Å². The Hall–Kier alpha value is -1.51. The van der Waals surface area contributed by atoms with Crippen LogP contribution in [-0.4, -0.2) is 18.3 Å². The van der Waals surface area contributed by atoms with Gasteiger partial charge in [0.05, 0.1) is 22.8 Å². The molecule has 1 fully saturated rings. The van der Waals surface area contributed by atoms with E-state index in [0.717, 1.165) is 5.46 Å². The molecule has 1 aromatic carbocycles. The molecule has 0 unspecified atom stereocenters. The molecule has 1 aliphatic heterocycles. The highest BCUT2D eigenvalue weighted by Crippen LogP contribution is 2.36. The molecule has 0 amide bonds. The second-order valence-electron chi connectivity index (χ2n) is 5.54. The maximum absolute atomic E-state index is 8.82. The van der Waals surface area contributed by atoms with Crippen molar-refractivity contribution in [3.05, 3.63) is 23.8 Å². The van der Waals surface area contributed by atoms with E-state index < -0.39 is 18.3 Å². The molecule has 0 saturated carbocycles. The molecule has 0 bridgehead atoms. The molecular formula is C13H17BN2O2. The van der Waals surface area contributed by atoms with Gasteiger partial charge in [-0.1, -0.05) is 6.07 Å². The molecule has 2 rings (SSSR count). The third-order valence-electron chi connectivity index (χ3n) is 3.72. The molecule has 5 heteroatoms. The number of nitrogen functional groups attached to an aromatic ring is 1. The van der Waals surface area contributed by atoms with E-state index in [9.17, 15) is 0 Å². The van der Waals surface area contributed by atoms with Crippen LogP contribution in [0, 0.1) is 11.3 Å². The van der Waals surface area contributed by atoms with Crippen molar-refractivity contribution in [2.24, 2.45) is 0 Å². The first kappa shape index (κ1) is 12.9. The van der Waals surface area contributed by atoms with Gasteiger partial charge in [0.1, 0.15) is 0 Å². The first-order valence-corrected chi connectivity index (χ1v) is 5.92. The number of hydrogen-bond acceptors (Lipinski definition) is 4. The van der Waals surface area contributed by atoms with E-state index in [-0.39, 0.29) is 0 Å². The number of nitrogens with two attached hydrogens (primary N) is 1.